The van der Waals surface area contributed by atoms with Crippen LogP contribution < -0.4 is 5.32 Å². The van der Waals surface area contributed by atoms with Crippen molar-refractivity contribution in [2.45, 2.75) is 24.3 Å². The summed E-state index contributed by atoms with van der Waals surface area (Å²) in [6.45, 7) is 2.93. The quantitative estimate of drug-likeness (QED) is 0.920. The second kappa shape index (κ2) is 5.17. The maximum Gasteiger partial charge on any atom is 0.244 e. The van der Waals surface area contributed by atoms with Crippen molar-refractivity contribution in [1.82, 2.24) is 9.62 Å². The van der Waals surface area contributed by atoms with Crippen LogP contribution in [0.25, 0.3) is 0 Å². The third-order valence-corrected chi connectivity index (χ3v) is 5.61. The highest BCUT2D eigenvalue weighted by Gasteiger charge is 2.32. The van der Waals surface area contributed by atoms with Crippen LogP contribution in [0.4, 0.5) is 0 Å². The number of aryl methyl sites for hydroxylation is 1. The van der Waals surface area contributed by atoms with Gasteiger partial charge in [-0.1, -0.05) is 17.7 Å². The number of likely N-dealkylation sites (N-methyl/N-ethyl adjacent to an activating group) is 1. The molecule has 1 fully saturated rings. The lowest BCUT2D eigenvalue weighted by molar-refractivity contribution is 0.464. The van der Waals surface area contributed by atoms with E-state index in [2.05, 4.69) is 5.32 Å². The Balaban J connectivity index is 2.31. The summed E-state index contributed by atoms with van der Waals surface area (Å²) in [6.07, 6.45) is 0.833. The number of halogens is 1. The number of rotatable bonds is 3. The minimum atomic E-state index is -3.47. The minimum Gasteiger partial charge on any atom is -0.316 e. The standard InChI is InChI=1S/C12H17ClN2O2S/c1-9-3-4-12(11(13)7-9)18(16,17)15-6-5-10(8-15)14-2/h3-4,7,10,14H,5-6,8H2,1-2H3. The first-order valence-electron chi connectivity index (χ1n) is 5.88. The first-order valence-corrected chi connectivity index (χ1v) is 7.70. The Morgan fingerprint density at radius 2 is 2.17 bits per heavy atom. The molecule has 1 aliphatic heterocycles. The predicted molar refractivity (Wildman–Crippen MR) is 72.4 cm³/mol. The van der Waals surface area contributed by atoms with Crippen molar-refractivity contribution < 1.29 is 8.42 Å². The molecule has 1 atom stereocenters. The Morgan fingerprint density at radius 1 is 1.44 bits per heavy atom. The lowest BCUT2D eigenvalue weighted by Crippen LogP contribution is -2.33. The SMILES string of the molecule is CNC1CCN(S(=O)(=O)c2ccc(C)cc2Cl)C1. The van der Waals surface area contributed by atoms with Gasteiger partial charge >= 0.3 is 0 Å². The van der Waals surface area contributed by atoms with Crippen LogP contribution >= 0.6 is 11.6 Å². The predicted octanol–water partition coefficient (Wildman–Crippen LogP) is 1.63. The van der Waals surface area contributed by atoms with E-state index in [1.807, 2.05) is 14.0 Å². The molecule has 1 saturated heterocycles. The molecule has 0 spiro atoms. The summed E-state index contributed by atoms with van der Waals surface area (Å²) >= 11 is 6.04. The van der Waals surface area contributed by atoms with Crippen LogP contribution in [-0.2, 0) is 10.0 Å². The zero-order chi connectivity index (χ0) is 13.3. The zero-order valence-electron chi connectivity index (χ0n) is 10.5. The van der Waals surface area contributed by atoms with Crippen LogP contribution in [0.2, 0.25) is 5.02 Å². The Hall–Kier alpha value is -0.620. The Labute approximate surface area is 113 Å². The summed E-state index contributed by atoms with van der Waals surface area (Å²) in [5, 5.41) is 3.40. The molecule has 1 unspecified atom stereocenters. The van der Waals surface area contributed by atoms with Crippen LogP contribution in [0.1, 0.15) is 12.0 Å². The van der Waals surface area contributed by atoms with Gasteiger partial charge in [0.2, 0.25) is 10.0 Å². The molecule has 1 N–H and O–H groups in total. The first-order chi connectivity index (χ1) is 8.45. The average Bonchev–Trinajstić information content (AvgIpc) is 2.77. The van der Waals surface area contributed by atoms with Crippen LogP contribution in [0.3, 0.4) is 0 Å². The van der Waals surface area contributed by atoms with Gasteiger partial charge in [-0.25, -0.2) is 8.42 Å². The number of nitrogens with zero attached hydrogens (tertiary/aromatic N) is 1. The van der Waals surface area contributed by atoms with Gasteiger partial charge in [0, 0.05) is 19.1 Å². The Bertz CT molecular complexity index is 545. The normalized spacial score (nSPS) is 21.4. The van der Waals surface area contributed by atoms with Crippen LogP contribution in [0.5, 0.6) is 0 Å². The fourth-order valence-electron chi connectivity index (χ4n) is 2.14. The lowest BCUT2D eigenvalue weighted by atomic mass is 10.2. The Morgan fingerprint density at radius 3 is 2.72 bits per heavy atom. The highest BCUT2D eigenvalue weighted by molar-refractivity contribution is 7.89. The molecule has 0 saturated carbocycles. The molecule has 18 heavy (non-hydrogen) atoms. The van der Waals surface area contributed by atoms with E-state index in [0.29, 0.717) is 18.1 Å². The number of hydrogen-bond acceptors (Lipinski definition) is 3. The van der Waals surface area contributed by atoms with Gasteiger partial charge < -0.3 is 5.32 Å². The van der Waals surface area contributed by atoms with E-state index >= 15 is 0 Å². The number of nitrogens with one attached hydrogen (secondary N) is 1. The number of hydrogen-bond donors (Lipinski definition) is 1. The van der Waals surface area contributed by atoms with Gasteiger partial charge in [-0.3, -0.25) is 0 Å². The largest absolute Gasteiger partial charge is 0.316 e. The third-order valence-electron chi connectivity index (χ3n) is 3.26. The molecule has 6 heteroatoms. The van der Waals surface area contributed by atoms with Gasteiger partial charge in [0.05, 0.1) is 5.02 Å². The second-order valence-electron chi connectivity index (χ2n) is 4.57. The van der Waals surface area contributed by atoms with Gasteiger partial charge in [-0.15, -0.1) is 0 Å². The van der Waals surface area contributed by atoms with E-state index < -0.39 is 10.0 Å². The van der Waals surface area contributed by atoms with Crippen molar-refractivity contribution >= 4 is 21.6 Å². The molecule has 1 aromatic carbocycles. The monoisotopic (exact) mass is 288 g/mol. The van der Waals surface area contributed by atoms with Crippen molar-refractivity contribution in [3.05, 3.63) is 28.8 Å². The van der Waals surface area contributed by atoms with Crippen molar-refractivity contribution in [1.29, 1.82) is 0 Å². The van der Waals surface area contributed by atoms with Crippen LogP contribution in [0.15, 0.2) is 23.1 Å². The van der Waals surface area contributed by atoms with Gasteiger partial charge in [0.1, 0.15) is 4.90 Å². The van der Waals surface area contributed by atoms with E-state index in [0.717, 1.165) is 12.0 Å². The fraction of sp³-hybridized carbons (Fsp3) is 0.500. The van der Waals surface area contributed by atoms with Crippen molar-refractivity contribution in [2.24, 2.45) is 0 Å². The molecular weight excluding hydrogens is 272 g/mol. The molecular formula is C12H17ClN2O2S. The molecule has 1 heterocycles. The van der Waals surface area contributed by atoms with E-state index in [4.69, 9.17) is 11.6 Å². The maximum atomic E-state index is 12.4. The number of sulfonamides is 1. The van der Waals surface area contributed by atoms with Crippen molar-refractivity contribution in [2.75, 3.05) is 20.1 Å². The molecule has 0 bridgehead atoms. The van der Waals surface area contributed by atoms with Crippen molar-refractivity contribution in [3.63, 3.8) is 0 Å². The van der Waals surface area contributed by atoms with E-state index in [1.54, 1.807) is 18.2 Å². The van der Waals surface area contributed by atoms with E-state index in [9.17, 15) is 8.42 Å². The second-order valence-corrected chi connectivity index (χ2v) is 6.88. The Kier molecular flexibility index (Phi) is 3.96. The van der Waals surface area contributed by atoms with E-state index in [1.165, 1.54) is 4.31 Å². The van der Waals surface area contributed by atoms with Crippen LogP contribution in [-0.4, -0.2) is 38.9 Å². The minimum absolute atomic E-state index is 0.200. The topological polar surface area (TPSA) is 49.4 Å². The van der Waals surface area contributed by atoms with Gasteiger partial charge in [-0.05, 0) is 38.1 Å². The molecule has 1 aromatic rings. The molecule has 0 amide bonds. The molecule has 0 aliphatic carbocycles. The molecule has 0 aromatic heterocycles. The van der Waals surface area contributed by atoms with E-state index in [-0.39, 0.29) is 10.9 Å². The highest BCUT2D eigenvalue weighted by Crippen LogP contribution is 2.27. The smallest absolute Gasteiger partial charge is 0.244 e. The molecule has 4 nitrogen and oxygen atoms in total. The average molecular weight is 289 g/mol. The van der Waals surface area contributed by atoms with Gasteiger partial charge in [-0.2, -0.15) is 4.31 Å². The van der Waals surface area contributed by atoms with Crippen molar-refractivity contribution in [3.8, 4) is 0 Å². The lowest BCUT2D eigenvalue weighted by Gasteiger charge is -2.17. The summed E-state index contributed by atoms with van der Waals surface area (Å²) < 4.78 is 26.4. The van der Waals surface area contributed by atoms with Crippen LogP contribution in [0, 0.1) is 6.92 Å². The third kappa shape index (κ3) is 2.54. The summed E-state index contributed by atoms with van der Waals surface area (Å²) in [5.74, 6) is 0. The zero-order valence-corrected chi connectivity index (χ0v) is 12.1. The fourth-order valence-corrected chi connectivity index (χ4v) is 4.21. The molecule has 0 radical (unpaired) electrons. The summed E-state index contributed by atoms with van der Waals surface area (Å²) in [4.78, 5) is 0.200. The molecule has 2 rings (SSSR count). The summed E-state index contributed by atoms with van der Waals surface area (Å²) in [7, 11) is -1.62. The molecule has 1 aliphatic rings. The highest BCUT2D eigenvalue weighted by atomic mass is 35.5. The van der Waals surface area contributed by atoms with Gasteiger partial charge in [0.15, 0.2) is 0 Å². The maximum absolute atomic E-state index is 12.4. The summed E-state index contributed by atoms with van der Waals surface area (Å²) in [6, 6.07) is 5.26. The first kappa shape index (κ1) is 13.8. The molecule has 100 valence electrons. The van der Waals surface area contributed by atoms with Gasteiger partial charge in [0.25, 0.3) is 0 Å². The number of benzene rings is 1. The summed E-state index contributed by atoms with van der Waals surface area (Å²) in [5.41, 5.74) is 0.952.